The molecular weight excluding hydrogens is 345 g/mol. The minimum Gasteiger partial charge on any atom is -0.461 e. The molecule has 0 rings (SSSR count). The topological polar surface area (TPSA) is 26.3 Å². The first-order valence-corrected chi connectivity index (χ1v) is 7.59. The summed E-state index contributed by atoms with van der Waals surface area (Å²) in [5.41, 5.74) is 0. The van der Waals surface area contributed by atoms with E-state index in [-0.39, 0.29) is 6.42 Å². The molecule has 0 heterocycles. The van der Waals surface area contributed by atoms with Crippen LogP contribution in [0, 0.1) is 0 Å². The summed E-state index contributed by atoms with van der Waals surface area (Å²) in [5.74, 6) is -15.3. The third-order valence-electron chi connectivity index (χ3n) is 3.29. The first kappa shape index (κ1) is 22.7. The van der Waals surface area contributed by atoms with E-state index in [2.05, 4.69) is 11.3 Å². The summed E-state index contributed by atoms with van der Waals surface area (Å²) >= 11 is 0. The number of unbranched alkanes of at least 4 members (excludes halogenated alkanes) is 7. The van der Waals surface area contributed by atoms with Crippen LogP contribution in [0.3, 0.4) is 0 Å². The number of hydrogen-bond acceptors (Lipinski definition) is 2. The standard InChI is InChI=1S/C15H21F7O2/c1-2-3-4-5-6-7-8-9-10-11-24-12(23)13(16,17)14(18,19)15(20,21)22/h2H,1,3-11H2. The molecule has 0 bridgehead atoms. The molecule has 0 saturated carbocycles. The second-order valence-electron chi connectivity index (χ2n) is 5.33. The van der Waals surface area contributed by atoms with Gasteiger partial charge in [-0.25, -0.2) is 4.79 Å². The fraction of sp³-hybridized carbons (Fsp3) is 0.800. The molecule has 0 fully saturated rings. The number of carbonyl (C=O) groups excluding carboxylic acids is 1. The van der Waals surface area contributed by atoms with E-state index >= 15 is 0 Å². The van der Waals surface area contributed by atoms with Crippen molar-refractivity contribution < 1.29 is 40.3 Å². The lowest BCUT2D eigenvalue weighted by atomic mass is 10.1. The maximum Gasteiger partial charge on any atom is 0.460 e. The van der Waals surface area contributed by atoms with Crippen LogP contribution in [0.4, 0.5) is 30.7 Å². The van der Waals surface area contributed by atoms with E-state index in [1.807, 2.05) is 6.08 Å². The Balaban J connectivity index is 3.99. The molecule has 0 N–H and O–H groups in total. The van der Waals surface area contributed by atoms with Crippen molar-refractivity contribution in [2.45, 2.75) is 69.4 Å². The van der Waals surface area contributed by atoms with E-state index in [0.29, 0.717) is 6.42 Å². The van der Waals surface area contributed by atoms with Crippen molar-refractivity contribution in [3.63, 3.8) is 0 Å². The van der Waals surface area contributed by atoms with Crippen LogP contribution in [0.5, 0.6) is 0 Å². The first-order valence-electron chi connectivity index (χ1n) is 7.59. The Morgan fingerprint density at radius 1 is 0.833 bits per heavy atom. The van der Waals surface area contributed by atoms with Gasteiger partial charge in [0.25, 0.3) is 0 Å². The lowest BCUT2D eigenvalue weighted by Gasteiger charge is -2.26. The SMILES string of the molecule is C=CCCCCCCCCCOC(=O)C(F)(F)C(F)(F)C(F)(F)F. The van der Waals surface area contributed by atoms with Crippen molar-refractivity contribution in [3.05, 3.63) is 12.7 Å². The zero-order chi connectivity index (χ0) is 18.9. The number of hydrogen-bond donors (Lipinski definition) is 0. The second-order valence-corrected chi connectivity index (χ2v) is 5.33. The third-order valence-corrected chi connectivity index (χ3v) is 3.29. The Morgan fingerprint density at radius 3 is 1.75 bits per heavy atom. The molecule has 0 atom stereocenters. The summed E-state index contributed by atoms with van der Waals surface area (Å²) in [5, 5.41) is 0. The molecule has 0 unspecified atom stereocenters. The van der Waals surface area contributed by atoms with Crippen LogP contribution in [0.2, 0.25) is 0 Å². The van der Waals surface area contributed by atoms with Crippen LogP contribution >= 0.6 is 0 Å². The molecule has 0 amide bonds. The Labute approximate surface area is 136 Å². The number of esters is 1. The number of rotatable bonds is 12. The number of carbonyl (C=O) groups is 1. The van der Waals surface area contributed by atoms with Gasteiger partial charge in [0.15, 0.2) is 0 Å². The monoisotopic (exact) mass is 366 g/mol. The van der Waals surface area contributed by atoms with Gasteiger partial charge in [0.05, 0.1) is 6.61 Å². The molecule has 0 aromatic heterocycles. The summed E-state index contributed by atoms with van der Waals surface area (Å²) in [7, 11) is 0. The lowest BCUT2D eigenvalue weighted by Crippen LogP contribution is -2.56. The zero-order valence-corrected chi connectivity index (χ0v) is 13.1. The quantitative estimate of drug-likeness (QED) is 0.193. The predicted molar refractivity (Wildman–Crippen MR) is 74.0 cm³/mol. The van der Waals surface area contributed by atoms with Crippen LogP contribution in [-0.4, -0.2) is 30.6 Å². The molecule has 142 valence electrons. The van der Waals surface area contributed by atoms with Crippen LogP contribution in [0.1, 0.15) is 51.4 Å². The second kappa shape index (κ2) is 9.88. The van der Waals surface area contributed by atoms with Gasteiger partial charge in [-0.15, -0.1) is 6.58 Å². The molecule has 0 spiro atoms. The average Bonchev–Trinajstić information content (AvgIpc) is 2.47. The van der Waals surface area contributed by atoms with E-state index in [0.717, 1.165) is 38.5 Å². The molecule has 0 saturated heterocycles. The largest absolute Gasteiger partial charge is 0.461 e. The minimum absolute atomic E-state index is 0.117. The van der Waals surface area contributed by atoms with Crippen LogP contribution in [0.15, 0.2) is 12.7 Å². The third kappa shape index (κ3) is 6.68. The van der Waals surface area contributed by atoms with Gasteiger partial charge in [-0.1, -0.05) is 38.2 Å². The zero-order valence-electron chi connectivity index (χ0n) is 13.1. The maximum atomic E-state index is 12.9. The van der Waals surface area contributed by atoms with Crippen molar-refractivity contribution in [1.82, 2.24) is 0 Å². The first-order chi connectivity index (χ1) is 11.0. The summed E-state index contributed by atoms with van der Waals surface area (Å²) in [6.45, 7) is 2.96. The van der Waals surface area contributed by atoms with Crippen molar-refractivity contribution in [2.75, 3.05) is 6.61 Å². The summed E-state index contributed by atoms with van der Waals surface area (Å²) in [6, 6.07) is 0. The highest BCUT2D eigenvalue weighted by Gasteiger charge is 2.77. The Hall–Kier alpha value is -1.28. The average molecular weight is 366 g/mol. The van der Waals surface area contributed by atoms with Crippen LogP contribution in [0.25, 0.3) is 0 Å². The molecule has 2 nitrogen and oxygen atoms in total. The molecule has 0 radical (unpaired) electrons. The highest BCUT2D eigenvalue weighted by Crippen LogP contribution is 2.46. The van der Waals surface area contributed by atoms with E-state index < -0.39 is 30.6 Å². The van der Waals surface area contributed by atoms with Gasteiger partial charge in [0.2, 0.25) is 0 Å². The maximum absolute atomic E-state index is 12.9. The van der Waals surface area contributed by atoms with Gasteiger partial charge < -0.3 is 4.74 Å². The number of ether oxygens (including phenoxy) is 1. The van der Waals surface area contributed by atoms with E-state index in [9.17, 15) is 35.5 Å². The molecule has 0 aliphatic rings. The van der Waals surface area contributed by atoms with Gasteiger partial charge in [-0.05, 0) is 19.3 Å². The molecule has 0 aliphatic heterocycles. The smallest absolute Gasteiger partial charge is 0.460 e. The van der Waals surface area contributed by atoms with Gasteiger partial charge in [-0.2, -0.15) is 30.7 Å². The molecule has 0 aromatic carbocycles. The molecule has 9 heteroatoms. The van der Waals surface area contributed by atoms with Crippen LogP contribution in [-0.2, 0) is 9.53 Å². The number of allylic oxidation sites excluding steroid dienone is 1. The van der Waals surface area contributed by atoms with E-state index in [1.165, 1.54) is 0 Å². The fourth-order valence-electron chi connectivity index (χ4n) is 1.84. The molecule has 24 heavy (non-hydrogen) atoms. The Kier molecular flexibility index (Phi) is 9.35. The predicted octanol–water partition coefficient (Wildman–Crippen LogP) is 5.67. The molecule has 0 aliphatic carbocycles. The summed E-state index contributed by atoms with van der Waals surface area (Å²) < 4.78 is 90.5. The lowest BCUT2D eigenvalue weighted by molar-refractivity contribution is -0.348. The van der Waals surface area contributed by atoms with Crippen molar-refractivity contribution in [1.29, 1.82) is 0 Å². The summed E-state index contributed by atoms with van der Waals surface area (Å²) in [6.07, 6.45) is 1.39. The van der Waals surface area contributed by atoms with Crippen LogP contribution < -0.4 is 0 Å². The summed E-state index contributed by atoms with van der Waals surface area (Å²) in [4.78, 5) is 10.8. The van der Waals surface area contributed by atoms with Crippen molar-refractivity contribution in [2.24, 2.45) is 0 Å². The number of alkyl halides is 7. The molecular formula is C15H21F7O2. The number of halogens is 7. The van der Waals surface area contributed by atoms with Gasteiger partial charge in [-0.3, -0.25) is 0 Å². The Bertz CT molecular complexity index is 392. The highest BCUT2D eigenvalue weighted by molar-refractivity contribution is 5.79. The van der Waals surface area contributed by atoms with Gasteiger partial charge >= 0.3 is 24.0 Å². The fourth-order valence-corrected chi connectivity index (χ4v) is 1.84. The minimum atomic E-state index is -6.54. The van der Waals surface area contributed by atoms with Crippen molar-refractivity contribution in [3.8, 4) is 0 Å². The Morgan fingerprint density at radius 2 is 1.29 bits per heavy atom. The van der Waals surface area contributed by atoms with Gasteiger partial charge in [0, 0.05) is 0 Å². The highest BCUT2D eigenvalue weighted by atomic mass is 19.4. The van der Waals surface area contributed by atoms with E-state index in [1.54, 1.807) is 0 Å². The van der Waals surface area contributed by atoms with Crippen molar-refractivity contribution >= 4 is 5.97 Å². The van der Waals surface area contributed by atoms with E-state index in [4.69, 9.17) is 0 Å². The van der Waals surface area contributed by atoms with Gasteiger partial charge in [0.1, 0.15) is 0 Å². The normalized spacial score (nSPS) is 13.0. The molecule has 0 aromatic rings.